The summed E-state index contributed by atoms with van der Waals surface area (Å²) in [4.78, 5) is 31.9. The molecule has 4 rings (SSSR count). The lowest BCUT2D eigenvalue weighted by Crippen LogP contribution is -2.31. The van der Waals surface area contributed by atoms with Crippen molar-refractivity contribution in [3.05, 3.63) is 82.9 Å². The molecule has 2 heterocycles. The van der Waals surface area contributed by atoms with Crippen molar-refractivity contribution in [2.75, 3.05) is 20.8 Å². The Balaban J connectivity index is 1.81. The minimum Gasteiger partial charge on any atom is -0.507 e. The van der Waals surface area contributed by atoms with Crippen LogP contribution in [0.3, 0.4) is 0 Å². The van der Waals surface area contributed by atoms with E-state index in [1.807, 2.05) is 10.8 Å². The van der Waals surface area contributed by atoms with Gasteiger partial charge in [-0.25, -0.2) is 4.98 Å². The number of halogens is 1. The molecule has 1 aromatic heterocycles. The van der Waals surface area contributed by atoms with Crippen molar-refractivity contribution < 1.29 is 24.2 Å². The number of methoxy groups -OCH3 is 2. The SMILES string of the molecule is COc1cccc(C2/C(=C(/O)c3ccc(Cl)cc3)C(=O)C(=O)N2CCCn2ccnc2)c1OC. The first-order chi connectivity index (χ1) is 16.5. The Hall–Kier alpha value is -3.78. The highest BCUT2D eigenvalue weighted by Gasteiger charge is 2.47. The topological polar surface area (TPSA) is 93.9 Å². The Morgan fingerprint density at radius 1 is 1.09 bits per heavy atom. The van der Waals surface area contributed by atoms with Gasteiger partial charge in [-0.1, -0.05) is 23.7 Å². The Morgan fingerprint density at radius 3 is 2.50 bits per heavy atom. The number of rotatable bonds is 8. The molecular weight excluding hydrogens is 458 g/mol. The van der Waals surface area contributed by atoms with E-state index in [1.165, 1.54) is 19.1 Å². The van der Waals surface area contributed by atoms with Gasteiger partial charge in [0.1, 0.15) is 5.76 Å². The van der Waals surface area contributed by atoms with Gasteiger partial charge in [-0.05, 0) is 36.8 Å². The molecule has 1 aliphatic rings. The molecule has 1 saturated heterocycles. The van der Waals surface area contributed by atoms with Gasteiger partial charge in [-0.2, -0.15) is 0 Å². The molecule has 1 N–H and O–H groups in total. The van der Waals surface area contributed by atoms with Crippen LogP contribution in [0.5, 0.6) is 11.5 Å². The number of aliphatic hydroxyl groups excluding tert-OH is 1. The number of nitrogens with zero attached hydrogens (tertiary/aromatic N) is 3. The van der Waals surface area contributed by atoms with Gasteiger partial charge in [0.05, 0.1) is 32.2 Å². The average molecular weight is 482 g/mol. The van der Waals surface area contributed by atoms with E-state index in [-0.39, 0.29) is 17.9 Å². The molecule has 176 valence electrons. The summed E-state index contributed by atoms with van der Waals surface area (Å²) in [7, 11) is 3.00. The van der Waals surface area contributed by atoms with Gasteiger partial charge in [-0.3, -0.25) is 9.59 Å². The number of benzene rings is 2. The first-order valence-electron chi connectivity index (χ1n) is 10.7. The number of hydrogen-bond donors (Lipinski definition) is 1. The monoisotopic (exact) mass is 481 g/mol. The van der Waals surface area contributed by atoms with E-state index in [4.69, 9.17) is 21.1 Å². The fourth-order valence-electron chi connectivity index (χ4n) is 4.17. The summed E-state index contributed by atoms with van der Waals surface area (Å²) in [6.45, 7) is 0.896. The van der Waals surface area contributed by atoms with Gasteiger partial charge in [-0.15, -0.1) is 0 Å². The van der Waals surface area contributed by atoms with Crippen molar-refractivity contribution in [3.8, 4) is 11.5 Å². The van der Waals surface area contributed by atoms with Gasteiger partial charge >= 0.3 is 0 Å². The highest BCUT2D eigenvalue weighted by atomic mass is 35.5. The van der Waals surface area contributed by atoms with E-state index in [0.717, 1.165) is 0 Å². The van der Waals surface area contributed by atoms with Crippen molar-refractivity contribution in [3.63, 3.8) is 0 Å². The van der Waals surface area contributed by atoms with Crippen molar-refractivity contribution in [1.82, 2.24) is 14.5 Å². The van der Waals surface area contributed by atoms with E-state index < -0.39 is 17.7 Å². The Bertz CT molecular complexity index is 1220. The summed E-state index contributed by atoms with van der Waals surface area (Å²) >= 11 is 5.98. The van der Waals surface area contributed by atoms with Crippen LogP contribution in [0.15, 0.2) is 66.8 Å². The number of hydrogen-bond acceptors (Lipinski definition) is 6. The van der Waals surface area contributed by atoms with Crippen molar-refractivity contribution >= 4 is 29.1 Å². The molecule has 8 nitrogen and oxygen atoms in total. The van der Waals surface area contributed by atoms with Crippen molar-refractivity contribution in [2.45, 2.75) is 19.0 Å². The highest BCUT2D eigenvalue weighted by Crippen LogP contribution is 2.45. The second-order valence-corrected chi connectivity index (χ2v) is 8.17. The molecule has 0 aliphatic carbocycles. The Morgan fingerprint density at radius 2 is 1.85 bits per heavy atom. The number of aryl methyl sites for hydroxylation is 1. The smallest absolute Gasteiger partial charge is 0.295 e. The van der Waals surface area contributed by atoms with Crippen LogP contribution < -0.4 is 9.47 Å². The number of imidazole rings is 1. The number of para-hydroxylation sites is 1. The average Bonchev–Trinajstić information content (AvgIpc) is 3.45. The predicted molar refractivity (Wildman–Crippen MR) is 127 cm³/mol. The van der Waals surface area contributed by atoms with Crippen LogP contribution in [-0.4, -0.2) is 52.0 Å². The highest BCUT2D eigenvalue weighted by molar-refractivity contribution is 6.46. The summed E-state index contributed by atoms with van der Waals surface area (Å²) in [5.41, 5.74) is 0.911. The van der Waals surface area contributed by atoms with Crippen LogP contribution in [0, 0.1) is 0 Å². The third-order valence-electron chi connectivity index (χ3n) is 5.76. The van der Waals surface area contributed by atoms with E-state index >= 15 is 0 Å². The van der Waals surface area contributed by atoms with Gasteiger partial charge in [0.25, 0.3) is 11.7 Å². The van der Waals surface area contributed by atoms with Gasteiger partial charge in [0, 0.05) is 41.6 Å². The zero-order valence-electron chi connectivity index (χ0n) is 18.8. The Kier molecular flexibility index (Phi) is 6.88. The largest absolute Gasteiger partial charge is 0.507 e. The lowest BCUT2D eigenvalue weighted by Gasteiger charge is -2.27. The van der Waals surface area contributed by atoms with Crippen LogP contribution in [-0.2, 0) is 16.1 Å². The normalized spacial score (nSPS) is 17.3. The zero-order valence-corrected chi connectivity index (χ0v) is 19.5. The molecule has 9 heteroatoms. The summed E-state index contributed by atoms with van der Waals surface area (Å²) in [6, 6.07) is 10.8. The number of aromatic nitrogens is 2. The van der Waals surface area contributed by atoms with E-state index in [0.29, 0.717) is 40.6 Å². The summed E-state index contributed by atoms with van der Waals surface area (Å²) < 4.78 is 12.9. The number of amides is 1. The third kappa shape index (κ3) is 4.36. The van der Waals surface area contributed by atoms with Gasteiger partial charge in [0.2, 0.25) is 0 Å². The molecule has 0 saturated carbocycles. The summed E-state index contributed by atoms with van der Waals surface area (Å²) in [6.07, 6.45) is 5.78. The molecule has 2 aromatic carbocycles. The molecule has 0 bridgehead atoms. The molecule has 3 aromatic rings. The first-order valence-corrected chi connectivity index (χ1v) is 11.0. The molecular formula is C25H24ClN3O5. The number of carbonyl (C=O) groups excluding carboxylic acids is 2. The molecule has 0 radical (unpaired) electrons. The van der Waals surface area contributed by atoms with Crippen molar-refractivity contribution in [1.29, 1.82) is 0 Å². The second kappa shape index (κ2) is 10.0. The fraction of sp³-hybridized carbons (Fsp3) is 0.240. The number of likely N-dealkylation sites (tertiary alicyclic amines) is 1. The van der Waals surface area contributed by atoms with Crippen LogP contribution >= 0.6 is 11.6 Å². The molecule has 1 aliphatic heterocycles. The quantitative estimate of drug-likeness (QED) is 0.296. The van der Waals surface area contributed by atoms with Gasteiger partial charge in [0.15, 0.2) is 11.5 Å². The molecule has 1 unspecified atom stereocenters. The maximum absolute atomic E-state index is 13.2. The van der Waals surface area contributed by atoms with Crippen LogP contribution in [0.4, 0.5) is 0 Å². The lowest BCUT2D eigenvalue weighted by molar-refractivity contribution is -0.140. The summed E-state index contributed by atoms with van der Waals surface area (Å²) in [5.74, 6) is -0.878. The molecule has 1 atom stereocenters. The van der Waals surface area contributed by atoms with Crippen molar-refractivity contribution in [2.24, 2.45) is 0 Å². The fourth-order valence-corrected chi connectivity index (χ4v) is 4.29. The van der Waals surface area contributed by atoms with Crippen LogP contribution in [0.25, 0.3) is 5.76 Å². The standard InChI is InChI=1S/C25H24ClN3O5/c1-33-19-6-3-5-18(24(19)34-2)21-20(22(30)16-7-9-17(26)10-8-16)23(31)25(32)29(21)13-4-12-28-14-11-27-15-28/h3,5-11,14-15,21,30H,4,12-13H2,1-2H3/b22-20-. The predicted octanol–water partition coefficient (Wildman–Crippen LogP) is 4.07. The minimum atomic E-state index is -0.858. The van der Waals surface area contributed by atoms with Gasteiger partial charge < -0.3 is 24.0 Å². The van der Waals surface area contributed by atoms with Crippen LogP contribution in [0.2, 0.25) is 5.02 Å². The first kappa shape index (κ1) is 23.4. The maximum Gasteiger partial charge on any atom is 0.295 e. The molecule has 1 amide bonds. The number of ether oxygens (including phenoxy) is 2. The Labute approximate surface area is 202 Å². The lowest BCUT2D eigenvalue weighted by atomic mass is 9.94. The number of Topliss-reactive ketones (excluding diaryl/α,β-unsaturated/α-hetero) is 1. The number of ketones is 1. The molecule has 0 spiro atoms. The molecule has 34 heavy (non-hydrogen) atoms. The summed E-state index contributed by atoms with van der Waals surface area (Å²) in [5, 5.41) is 11.7. The van der Waals surface area contributed by atoms with E-state index in [9.17, 15) is 14.7 Å². The number of aliphatic hydroxyl groups is 1. The zero-order chi connectivity index (χ0) is 24.2. The van der Waals surface area contributed by atoms with Crippen LogP contribution in [0.1, 0.15) is 23.6 Å². The maximum atomic E-state index is 13.2. The molecule has 1 fully saturated rings. The third-order valence-corrected chi connectivity index (χ3v) is 6.01. The minimum absolute atomic E-state index is 0.0125. The second-order valence-electron chi connectivity index (χ2n) is 7.74. The van der Waals surface area contributed by atoms with E-state index in [2.05, 4.69) is 4.98 Å². The van der Waals surface area contributed by atoms with E-state index in [1.54, 1.807) is 55.0 Å². The number of carbonyl (C=O) groups is 2.